The lowest BCUT2D eigenvalue weighted by molar-refractivity contribution is -0.138. The van der Waals surface area contributed by atoms with Crippen molar-refractivity contribution in [2.45, 2.75) is 12.3 Å². The van der Waals surface area contributed by atoms with Crippen LogP contribution in [-0.2, 0) is 11.2 Å². The van der Waals surface area contributed by atoms with Crippen molar-refractivity contribution in [3.8, 4) is 0 Å². The summed E-state index contributed by atoms with van der Waals surface area (Å²) in [5.74, 6) is -1.61. The first-order valence-electron chi connectivity index (χ1n) is 5.80. The number of rotatable bonds is 4. The van der Waals surface area contributed by atoms with Crippen molar-refractivity contribution >= 4 is 29.2 Å². The molecule has 0 amide bonds. The number of carboxylic acid groups (broad SMARTS) is 1. The van der Waals surface area contributed by atoms with Crippen LogP contribution < -0.4 is 0 Å². The molecule has 2 aromatic rings. The number of aliphatic carboxylic acids is 1. The van der Waals surface area contributed by atoms with Gasteiger partial charge < -0.3 is 5.11 Å². The lowest BCUT2D eigenvalue weighted by Gasteiger charge is -2.15. The van der Waals surface area contributed by atoms with E-state index < -0.39 is 11.9 Å². The standard InChI is InChI=1S/C15H12Cl2O2/c16-13-7-3-1-5-10(13)9-12(15(18)19)11-6-2-4-8-14(11)17/h1-8,12H,9H2,(H,18,19). The predicted molar refractivity (Wildman–Crippen MR) is 77.0 cm³/mol. The average molecular weight is 295 g/mol. The molecule has 0 aliphatic carbocycles. The molecule has 2 nitrogen and oxygen atoms in total. The summed E-state index contributed by atoms with van der Waals surface area (Å²) >= 11 is 12.1. The summed E-state index contributed by atoms with van der Waals surface area (Å²) < 4.78 is 0. The van der Waals surface area contributed by atoms with Crippen LogP contribution >= 0.6 is 23.2 Å². The molecular formula is C15H12Cl2O2. The number of benzene rings is 2. The second-order valence-corrected chi connectivity index (χ2v) is 5.02. The van der Waals surface area contributed by atoms with Gasteiger partial charge in [-0.2, -0.15) is 0 Å². The lowest BCUT2D eigenvalue weighted by Crippen LogP contribution is -2.15. The Morgan fingerprint density at radius 1 is 1.00 bits per heavy atom. The molecule has 98 valence electrons. The molecule has 2 rings (SSSR count). The maximum atomic E-state index is 11.5. The Kier molecular flexibility index (Phi) is 4.46. The molecule has 1 unspecified atom stereocenters. The molecule has 0 saturated heterocycles. The Morgan fingerprint density at radius 2 is 1.58 bits per heavy atom. The van der Waals surface area contributed by atoms with E-state index in [2.05, 4.69) is 0 Å². The summed E-state index contributed by atoms with van der Waals surface area (Å²) in [5, 5.41) is 10.4. The van der Waals surface area contributed by atoms with Crippen LogP contribution in [0.1, 0.15) is 17.0 Å². The Morgan fingerprint density at radius 3 is 2.16 bits per heavy atom. The van der Waals surface area contributed by atoms with E-state index in [0.717, 1.165) is 5.56 Å². The lowest BCUT2D eigenvalue weighted by atomic mass is 9.92. The zero-order valence-corrected chi connectivity index (χ0v) is 11.5. The molecule has 0 radical (unpaired) electrons. The zero-order chi connectivity index (χ0) is 13.8. The van der Waals surface area contributed by atoms with Gasteiger partial charge in [0, 0.05) is 10.0 Å². The molecule has 0 fully saturated rings. The molecule has 0 aromatic heterocycles. The second-order valence-electron chi connectivity index (χ2n) is 4.21. The van der Waals surface area contributed by atoms with Gasteiger partial charge >= 0.3 is 5.97 Å². The first kappa shape index (κ1) is 13.9. The zero-order valence-electron chi connectivity index (χ0n) is 10.0. The van der Waals surface area contributed by atoms with Crippen molar-refractivity contribution in [1.29, 1.82) is 0 Å². The van der Waals surface area contributed by atoms with Crippen LogP contribution in [0.15, 0.2) is 48.5 Å². The Labute approximate surface area is 121 Å². The summed E-state index contributed by atoms with van der Waals surface area (Å²) in [4.78, 5) is 11.5. The van der Waals surface area contributed by atoms with Crippen LogP contribution in [0.2, 0.25) is 10.0 Å². The summed E-state index contributed by atoms with van der Waals surface area (Å²) in [6, 6.07) is 14.2. The molecule has 2 aromatic carbocycles. The number of hydrogen-bond donors (Lipinski definition) is 1. The average Bonchev–Trinajstić information content (AvgIpc) is 2.38. The van der Waals surface area contributed by atoms with Gasteiger partial charge in [0.2, 0.25) is 0 Å². The summed E-state index contributed by atoms with van der Waals surface area (Å²) in [6.07, 6.45) is 0.318. The van der Waals surface area contributed by atoms with Crippen molar-refractivity contribution in [3.05, 3.63) is 69.7 Å². The molecule has 1 atom stereocenters. The molecule has 0 heterocycles. The van der Waals surface area contributed by atoms with E-state index in [0.29, 0.717) is 22.0 Å². The third kappa shape index (κ3) is 3.28. The summed E-state index contributed by atoms with van der Waals surface area (Å²) in [5.41, 5.74) is 1.41. The fraction of sp³-hybridized carbons (Fsp3) is 0.133. The summed E-state index contributed by atoms with van der Waals surface area (Å²) in [7, 11) is 0. The highest BCUT2D eigenvalue weighted by molar-refractivity contribution is 6.32. The first-order chi connectivity index (χ1) is 9.09. The highest BCUT2D eigenvalue weighted by atomic mass is 35.5. The van der Waals surface area contributed by atoms with Crippen molar-refractivity contribution in [1.82, 2.24) is 0 Å². The van der Waals surface area contributed by atoms with Gasteiger partial charge in [0.15, 0.2) is 0 Å². The third-order valence-electron chi connectivity index (χ3n) is 2.96. The molecule has 0 aliphatic rings. The van der Waals surface area contributed by atoms with E-state index in [-0.39, 0.29) is 0 Å². The van der Waals surface area contributed by atoms with Crippen molar-refractivity contribution in [2.24, 2.45) is 0 Å². The molecule has 4 heteroatoms. The summed E-state index contributed by atoms with van der Waals surface area (Å²) in [6.45, 7) is 0. The van der Waals surface area contributed by atoms with Gasteiger partial charge in [-0.3, -0.25) is 4.79 Å². The van der Waals surface area contributed by atoms with Crippen LogP contribution in [0, 0.1) is 0 Å². The van der Waals surface area contributed by atoms with Crippen molar-refractivity contribution < 1.29 is 9.90 Å². The number of carbonyl (C=O) groups is 1. The van der Waals surface area contributed by atoms with E-state index in [1.54, 1.807) is 30.3 Å². The van der Waals surface area contributed by atoms with E-state index in [1.807, 2.05) is 18.2 Å². The Balaban J connectivity index is 2.35. The number of carboxylic acids is 1. The Hall–Kier alpha value is -1.51. The van der Waals surface area contributed by atoms with Crippen molar-refractivity contribution in [3.63, 3.8) is 0 Å². The maximum Gasteiger partial charge on any atom is 0.311 e. The first-order valence-corrected chi connectivity index (χ1v) is 6.56. The SMILES string of the molecule is O=C(O)C(Cc1ccccc1Cl)c1ccccc1Cl. The van der Waals surface area contributed by atoms with E-state index in [4.69, 9.17) is 23.2 Å². The van der Waals surface area contributed by atoms with E-state index >= 15 is 0 Å². The highest BCUT2D eigenvalue weighted by Gasteiger charge is 2.23. The van der Waals surface area contributed by atoms with E-state index in [9.17, 15) is 9.90 Å². The number of halogens is 2. The van der Waals surface area contributed by atoms with Crippen LogP contribution in [-0.4, -0.2) is 11.1 Å². The molecule has 0 aliphatic heterocycles. The largest absolute Gasteiger partial charge is 0.481 e. The Bertz CT molecular complexity index is 596. The number of hydrogen-bond acceptors (Lipinski definition) is 1. The fourth-order valence-electron chi connectivity index (χ4n) is 1.97. The van der Waals surface area contributed by atoms with E-state index in [1.165, 1.54) is 0 Å². The minimum absolute atomic E-state index is 0.318. The predicted octanol–water partition coefficient (Wildman–Crippen LogP) is 4.40. The van der Waals surface area contributed by atoms with Gasteiger partial charge in [0.1, 0.15) is 0 Å². The van der Waals surface area contributed by atoms with Gasteiger partial charge in [-0.15, -0.1) is 0 Å². The molecular weight excluding hydrogens is 283 g/mol. The van der Waals surface area contributed by atoms with Crippen LogP contribution in [0.3, 0.4) is 0 Å². The van der Waals surface area contributed by atoms with Crippen LogP contribution in [0.25, 0.3) is 0 Å². The van der Waals surface area contributed by atoms with Crippen molar-refractivity contribution in [2.75, 3.05) is 0 Å². The van der Waals surface area contributed by atoms with Gasteiger partial charge in [-0.1, -0.05) is 59.6 Å². The molecule has 0 bridgehead atoms. The maximum absolute atomic E-state index is 11.5. The molecule has 0 saturated carbocycles. The monoisotopic (exact) mass is 294 g/mol. The molecule has 19 heavy (non-hydrogen) atoms. The van der Waals surface area contributed by atoms with Gasteiger partial charge in [0.25, 0.3) is 0 Å². The quantitative estimate of drug-likeness (QED) is 0.907. The minimum Gasteiger partial charge on any atom is -0.481 e. The molecule has 1 N–H and O–H groups in total. The van der Waals surface area contributed by atoms with Gasteiger partial charge in [-0.05, 0) is 29.7 Å². The highest BCUT2D eigenvalue weighted by Crippen LogP contribution is 2.29. The second kappa shape index (κ2) is 6.09. The smallest absolute Gasteiger partial charge is 0.311 e. The van der Waals surface area contributed by atoms with Crippen LogP contribution in [0.5, 0.6) is 0 Å². The van der Waals surface area contributed by atoms with Gasteiger partial charge in [-0.25, -0.2) is 0 Å². The topological polar surface area (TPSA) is 37.3 Å². The minimum atomic E-state index is -0.909. The fourth-order valence-corrected chi connectivity index (χ4v) is 2.45. The van der Waals surface area contributed by atoms with Crippen LogP contribution in [0.4, 0.5) is 0 Å². The molecule has 0 spiro atoms. The normalized spacial score (nSPS) is 12.1. The van der Waals surface area contributed by atoms with Gasteiger partial charge in [0.05, 0.1) is 5.92 Å². The third-order valence-corrected chi connectivity index (χ3v) is 3.67.